The van der Waals surface area contributed by atoms with Gasteiger partial charge in [0.15, 0.2) is 6.10 Å². The van der Waals surface area contributed by atoms with Crippen LogP contribution in [0.2, 0.25) is 0 Å². The Balaban J connectivity index is 1.59. The molecule has 0 N–H and O–H groups in total. The van der Waals surface area contributed by atoms with Crippen LogP contribution in [0, 0.1) is 29.9 Å². The molecule has 3 aromatic rings. The first-order chi connectivity index (χ1) is 15.9. The third kappa shape index (κ3) is 3.35. The lowest BCUT2D eigenvalue weighted by molar-refractivity contribution is -0.384. The van der Waals surface area contributed by atoms with Crippen molar-refractivity contribution in [1.82, 2.24) is 0 Å². The molecule has 0 radical (unpaired) electrons. The zero-order chi connectivity index (χ0) is 23.3. The number of fused-ring (bicyclic) bond motifs is 1. The summed E-state index contributed by atoms with van der Waals surface area (Å²) in [7, 11) is 0. The van der Waals surface area contributed by atoms with E-state index in [2.05, 4.69) is 0 Å². The molecule has 2 fully saturated rings. The van der Waals surface area contributed by atoms with Crippen LogP contribution in [0.15, 0.2) is 72.8 Å². The summed E-state index contributed by atoms with van der Waals surface area (Å²) in [6.07, 6.45) is -0.987. The van der Waals surface area contributed by atoms with E-state index in [1.54, 1.807) is 23.3 Å². The van der Waals surface area contributed by atoms with Crippen molar-refractivity contribution in [2.24, 2.45) is 5.92 Å². The Bertz CT molecular complexity index is 1260. The lowest BCUT2D eigenvalue weighted by Crippen LogP contribution is -2.37. The fraction of sp³-hybridized carbons (Fsp3) is 0.200. The largest absolute Gasteiger partial charge is 0.273 e. The van der Waals surface area contributed by atoms with Crippen molar-refractivity contribution < 1.29 is 19.3 Å². The van der Waals surface area contributed by atoms with Gasteiger partial charge in [-0.25, -0.2) is 9.96 Å². The second kappa shape index (κ2) is 7.83. The molecule has 2 saturated heterocycles. The molecule has 2 aliphatic rings. The van der Waals surface area contributed by atoms with Crippen molar-refractivity contribution in [3.63, 3.8) is 0 Å². The quantitative estimate of drug-likeness (QED) is 0.340. The van der Waals surface area contributed by atoms with E-state index in [4.69, 9.17) is 4.84 Å². The van der Waals surface area contributed by atoms with E-state index in [0.29, 0.717) is 16.9 Å². The third-order valence-corrected chi connectivity index (χ3v) is 6.16. The van der Waals surface area contributed by atoms with Crippen LogP contribution in [0.25, 0.3) is 0 Å². The van der Waals surface area contributed by atoms with E-state index < -0.39 is 28.9 Å². The number of para-hydroxylation sites is 1. The Morgan fingerprint density at radius 2 is 1.61 bits per heavy atom. The van der Waals surface area contributed by atoms with Crippen molar-refractivity contribution in [1.29, 1.82) is 0 Å². The summed E-state index contributed by atoms with van der Waals surface area (Å²) in [4.78, 5) is 45.0. The molecular weight excluding hydrogens is 422 g/mol. The number of hydrogen-bond acceptors (Lipinski definition) is 6. The van der Waals surface area contributed by atoms with Gasteiger partial charge >= 0.3 is 0 Å². The Kier molecular flexibility index (Phi) is 4.94. The maximum absolute atomic E-state index is 13.7. The fourth-order valence-electron chi connectivity index (χ4n) is 4.64. The standard InChI is InChI=1S/C25H21N3O5/c1-15-8-13-20(16(2)14-15)26-24(29)21-22(17-9-11-19(12-10-17)28(31)32)27(33-23(21)25(26)30)18-6-4-3-5-7-18/h3-14,21-23H,1-2H3/t21-,22+,23+/m1/s1. The highest BCUT2D eigenvalue weighted by Gasteiger charge is 2.60. The van der Waals surface area contributed by atoms with E-state index in [0.717, 1.165) is 11.1 Å². The van der Waals surface area contributed by atoms with Gasteiger partial charge in [-0.15, -0.1) is 0 Å². The lowest BCUT2D eigenvalue weighted by Gasteiger charge is -2.29. The number of hydroxylamine groups is 1. The number of hydrogen-bond donors (Lipinski definition) is 0. The monoisotopic (exact) mass is 443 g/mol. The molecule has 5 rings (SSSR count). The minimum absolute atomic E-state index is 0.0498. The lowest BCUT2D eigenvalue weighted by atomic mass is 9.90. The number of carbonyl (C=O) groups excluding carboxylic acids is 2. The number of amides is 2. The summed E-state index contributed by atoms with van der Waals surface area (Å²) in [5.74, 6) is -1.55. The molecule has 33 heavy (non-hydrogen) atoms. The summed E-state index contributed by atoms with van der Waals surface area (Å²) in [5.41, 5.74) is 3.69. The van der Waals surface area contributed by atoms with Crippen LogP contribution in [0.5, 0.6) is 0 Å². The second-order valence-corrected chi connectivity index (χ2v) is 8.31. The predicted molar refractivity (Wildman–Crippen MR) is 122 cm³/mol. The predicted octanol–water partition coefficient (Wildman–Crippen LogP) is 4.26. The minimum atomic E-state index is -0.987. The molecule has 2 aliphatic heterocycles. The van der Waals surface area contributed by atoms with E-state index in [-0.39, 0.29) is 11.6 Å². The third-order valence-electron chi connectivity index (χ3n) is 6.16. The zero-order valence-corrected chi connectivity index (χ0v) is 18.0. The first-order valence-electron chi connectivity index (χ1n) is 10.6. The summed E-state index contributed by atoms with van der Waals surface area (Å²) in [5, 5.41) is 12.7. The molecule has 3 atom stereocenters. The van der Waals surface area contributed by atoms with E-state index in [1.807, 2.05) is 56.3 Å². The maximum Gasteiger partial charge on any atom is 0.269 e. The number of non-ortho nitro benzene ring substituents is 1. The van der Waals surface area contributed by atoms with Gasteiger partial charge in [0, 0.05) is 12.1 Å². The molecule has 8 heteroatoms. The van der Waals surface area contributed by atoms with Gasteiger partial charge in [-0.05, 0) is 43.2 Å². The molecule has 0 bridgehead atoms. The van der Waals surface area contributed by atoms with Gasteiger partial charge in [0.05, 0.1) is 22.3 Å². The average molecular weight is 443 g/mol. The number of nitro benzene ring substituents is 1. The van der Waals surface area contributed by atoms with Gasteiger partial charge < -0.3 is 0 Å². The number of benzene rings is 3. The summed E-state index contributed by atoms with van der Waals surface area (Å²) < 4.78 is 0. The highest BCUT2D eigenvalue weighted by molar-refractivity contribution is 6.24. The van der Waals surface area contributed by atoms with Crippen LogP contribution in [0.4, 0.5) is 17.1 Å². The highest BCUT2D eigenvalue weighted by Crippen LogP contribution is 2.48. The van der Waals surface area contributed by atoms with Gasteiger partial charge in [-0.3, -0.25) is 24.5 Å². The first-order valence-corrected chi connectivity index (χ1v) is 10.6. The molecule has 0 spiro atoms. The van der Waals surface area contributed by atoms with E-state index in [1.165, 1.54) is 17.0 Å². The van der Waals surface area contributed by atoms with Gasteiger partial charge in [0.1, 0.15) is 5.92 Å². The van der Waals surface area contributed by atoms with Gasteiger partial charge in [0.2, 0.25) is 5.91 Å². The molecule has 0 unspecified atom stereocenters. The SMILES string of the molecule is Cc1ccc(N2C(=O)[C@H]3[C@H](ON(c4ccccc4)[C@H]3c3ccc([N+](=O)[O-])cc3)C2=O)c(C)c1. The number of nitrogens with zero attached hydrogens (tertiary/aromatic N) is 3. The van der Waals surface area contributed by atoms with Crippen LogP contribution in [0.1, 0.15) is 22.7 Å². The van der Waals surface area contributed by atoms with Crippen molar-refractivity contribution in [2.45, 2.75) is 26.0 Å². The van der Waals surface area contributed by atoms with Crippen molar-refractivity contribution >= 4 is 28.9 Å². The molecular formula is C25H21N3O5. The Morgan fingerprint density at radius 1 is 0.909 bits per heavy atom. The van der Waals surface area contributed by atoms with Crippen LogP contribution < -0.4 is 9.96 Å². The van der Waals surface area contributed by atoms with Crippen molar-refractivity contribution in [2.75, 3.05) is 9.96 Å². The number of anilines is 2. The Morgan fingerprint density at radius 3 is 2.24 bits per heavy atom. The molecule has 3 aromatic carbocycles. The number of imide groups is 1. The number of carbonyl (C=O) groups is 2. The first kappa shape index (κ1) is 20.8. The van der Waals surface area contributed by atoms with Crippen molar-refractivity contribution in [3.8, 4) is 0 Å². The van der Waals surface area contributed by atoms with Crippen molar-refractivity contribution in [3.05, 3.63) is 99.6 Å². The second-order valence-electron chi connectivity index (χ2n) is 8.31. The number of nitro groups is 1. The molecule has 2 amide bonds. The molecule has 0 aliphatic carbocycles. The summed E-state index contributed by atoms with van der Waals surface area (Å²) >= 11 is 0. The van der Waals surface area contributed by atoms with Crippen LogP contribution >= 0.6 is 0 Å². The minimum Gasteiger partial charge on any atom is -0.273 e. The average Bonchev–Trinajstić information content (AvgIpc) is 3.31. The Hall–Kier alpha value is -4.04. The normalized spacial score (nSPS) is 22.1. The van der Waals surface area contributed by atoms with Gasteiger partial charge in [-0.2, -0.15) is 0 Å². The smallest absolute Gasteiger partial charge is 0.269 e. The molecule has 8 nitrogen and oxygen atoms in total. The number of aryl methyl sites for hydroxylation is 2. The van der Waals surface area contributed by atoms with Gasteiger partial charge in [0.25, 0.3) is 11.6 Å². The van der Waals surface area contributed by atoms with E-state index >= 15 is 0 Å². The van der Waals surface area contributed by atoms with Crippen LogP contribution in [-0.2, 0) is 14.4 Å². The fourth-order valence-corrected chi connectivity index (χ4v) is 4.64. The zero-order valence-electron chi connectivity index (χ0n) is 18.0. The number of rotatable bonds is 4. The van der Waals surface area contributed by atoms with E-state index in [9.17, 15) is 19.7 Å². The molecule has 2 heterocycles. The van der Waals surface area contributed by atoms with Crippen LogP contribution in [0.3, 0.4) is 0 Å². The molecule has 0 saturated carbocycles. The summed E-state index contributed by atoms with van der Waals surface area (Å²) in [6.45, 7) is 3.81. The summed E-state index contributed by atoms with van der Waals surface area (Å²) in [6, 6.07) is 20.2. The Labute approximate surface area is 190 Å². The highest BCUT2D eigenvalue weighted by atomic mass is 16.7. The van der Waals surface area contributed by atoms with Crippen LogP contribution in [-0.4, -0.2) is 22.8 Å². The molecule has 0 aromatic heterocycles. The molecule has 166 valence electrons. The maximum atomic E-state index is 13.7. The topological polar surface area (TPSA) is 93.0 Å². The van der Waals surface area contributed by atoms with Gasteiger partial charge in [-0.1, -0.05) is 48.0 Å².